The molecular formula is C18H28FNO3Si. The second-order valence-corrected chi connectivity index (χ2v) is 12.9. The molecule has 0 bridgehead atoms. The fourth-order valence-corrected chi connectivity index (χ4v) is 3.44. The Balaban J connectivity index is 2.05. The van der Waals surface area contributed by atoms with Crippen molar-refractivity contribution in [3.63, 3.8) is 0 Å². The van der Waals surface area contributed by atoms with E-state index in [1.807, 2.05) is 0 Å². The van der Waals surface area contributed by atoms with Gasteiger partial charge in [0.05, 0.1) is 5.69 Å². The van der Waals surface area contributed by atoms with E-state index in [0.29, 0.717) is 24.6 Å². The summed E-state index contributed by atoms with van der Waals surface area (Å²) in [5.74, 6) is 0.181. The van der Waals surface area contributed by atoms with Crippen LogP contribution in [0.2, 0.25) is 18.1 Å². The highest BCUT2D eigenvalue weighted by Crippen LogP contribution is 2.37. The van der Waals surface area contributed by atoms with E-state index in [4.69, 9.17) is 9.16 Å². The summed E-state index contributed by atoms with van der Waals surface area (Å²) >= 11 is 0. The van der Waals surface area contributed by atoms with E-state index in [-0.39, 0.29) is 29.3 Å². The van der Waals surface area contributed by atoms with Crippen molar-refractivity contribution in [2.45, 2.75) is 45.8 Å². The lowest BCUT2D eigenvalue weighted by molar-refractivity contribution is -0.121. The number of rotatable bonds is 5. The fraction of sp³-hybridized carbons (Fsp3) is 0.611. The van der Waals surface area contributed by atoms with E-state index in [1.165, 1.54) is 12.1 Å². The molecule has 1 aliphatic heterocycles. The molecule has 0 N–H and O–H groups in total. The van der Waals surface area contributed by atoms with Gasteiger partial charge < -0.3 is 14.1 Å². The number of ether oxygens (including phenoxy) is 1. The first kappa shape index (κ1) is 18.9. The molecular weight excluding hydrogens is 325 g/mol. The van der Waals surface area contributed by atoms with Crippen molar-refractivity contribution in [3.05, 3.63) is 24.0 Å². The maximum Gasteiger partial charge on any atom is 0.265 e. The first-order valence-electron chi connectivity index (χ1n) is 8.38. The number of nitrogens with zero attached hydrogens (tertiary/aromatic N) is 1. The molecule has 0 saturated heterocycles. The number of anilines is 1. The number of hydrogen-bond acceptors (Lipinski definition) is 3. The molecule has 0 fully saturated rings. The van der Waals surface area contributed by atoms with Crippen molar-refractivity contribution < 1.29 is 18.3 Å². The van der Waals surface area contributed by atoms with Crippen LogP contribution < -0.4 is 9.64 Å². The van der Waals surface area contributed by atoms with Crippen molar-refractivity contribution in [3.8, 4) is 5.75 Å². The fourth-order valence-electron chi connectivity index (χ4n) is 2.31. The summed E-state index contributed by atoms with van der Waals surface area (Å²) in [4.78, 5) is 13.8. The molecule has 1 aromatic rings. The predicted molar refractivity (Wildman–Crippen MR) is 96.6 cm³/mol. The molecule has 1 atom stereocenters. The Hall–Kier alpha value is -1.40. The summed E-state index contributed by atoms with van der Waals surface area (Å²) in [7, 11) is -1.82. The van der Waals surface area contributed by atoms with Crippen LogP contribution >= 0.6 is 0 Å². The zero-order chi connectivity index (χ0) is 18.1. The van der Waals surface area contributed by atoms with E-state index in [1.54, 1.807) is 11.0 Å². The maximum absolute atomic E-state index is 13.6. The van der Waals surface area contributed by atoms with Crippen LogP contribution in [0.4, 0.5) is 10.1 Å². The van der Waals surface area contributed by atoms with Crippen molar-refractivity contribution in [1.82, 2.24) is 0 Å². The van der Waals surface area contributed by atoms with Crippen molar-refractivity contribution in [1.29, 1.82) is 0 Å². The number of halogens is 1. The van der Waals surface area contributed by atoms with Crippen molar-refractivity contribution in [2.24, 2.45) is 5.92 Å². The number of fused-ring (bicyclic) bond motifs is 1. The first-order valence-corrected chi connectivity index (χ1v) is 11.3. The van der Waals surface area contributed by atoms with Gasteiger partial charge in [-0.15, -0.1) is 0 Å². The van der Waals surface area contributed by atoms with Gasteiger partial charge in [-0.3, -0.25) is 4.79 Å². The third kappa shape index (κ3) is 4.16. The lowest BCUT2D eigenvalue weighted by atomic mass is 10.1. The Morgan fingerprint density at radius 3 is 2.67 bits per heavy atom. The van der Waals surface area contributed by atoms with Crippen LogP contribution in [-0.4, -0.2) is 34.0 Å². The maximum atomic E-state index is 13.6. The second-order valence-electron chi connectivity index (χ2n) is 8.08. The van der Waals surface area contributed by atoms with Gasteiger partial charge in [0.15, 0.2) is 14.9 Å². The quantitative estimate of drug-likeness (QED) is 0.744. The third-order valence-electron chi connectivity index (χ3n) is 4.89. The van der Waals surface area contributed by atoms with Crippen LogP contribution in [-0.2, 0) is 9.22 Å². The lowest BCUT2D eigenvalue weighted by Crippen LogP contribution is -2.45. The summed E-state index contributed by atoms with van der Waals surface area (Å²) < 4.78 is 25.2. The molecule has 6 heteroatoms. The number of carbonyl (C=O) groups is 1. The topological polar surface area (TPSA) is 38.8 Å². The van der Waals surface area contributed by atoms with Crippen molar-refractivity contribution in [2.75, 3.05) is 24.7 Å². The van der Waals surface area contributed by atoms with E-state index in [2.05, 4.69) is 40.8 Å². The number of hydrogen-bond donors (Lipinski definition) is 0. The molecule has 0 aromatic heterocycles. The number of benzene rings is 1. The molecule has 24 heavy (non-hydrogen) atoms. The average Bonchev–Trinajstić information content (AvgIpc) is 2.47. The van der Waals surface area contributed by atoms with Gasteiger partial charge >= 0.3 is 0 Å². The van der Waals surface area contributed by atoms with Crippen LogP contribution in [0.3, 0.4) is 0 Å². The van der Waals surface area contributed by atoms with Gasteiger partial charge in [0.25, 0.3) is 5.91 Å². The molecule has 1 aliphatic rings. The van der Waals surface area contributed by atoms with E-state index in [0.717, 1.165) is 0 Å². The highest BCUT2D eigenvalue weighted by atomic mass is 28.4. The summed E-state index contributed by atoms with van der Waals surface area (Å²) in [5.41, 5.74) is 0.505. The van der Waals surface area contributed by atoms with E-state index >= 15 is 0 Å². The lowest BCUT2D eigenvalue weighted by Gasteiger charge is -2.38. The van der Waals surface area contributed by atoms with Crippen LogP contribution in [0.5, 0.6) is 5.75 Å². The molecule has 1 aromatic carbocycles. The Bertz CT molecular complexity index is 613. The first-order chi connectivity index (χ1) is 11.0. The Labute approximate surface area is 145 Å². The Morgan fingerprint density at radius 1 is 1.38 bits per heavy atom. The second kappa shape index (κ2) is 6.84. The molecule has 2 rings (SSSR count). The zero-order valence-corrected chi connectivity index (χ0v) is 16.5. The standard InChI is InChI=1S/C18H28FNO3Si/c1-13(11-23-24(5,6)18(2,3)4)10-20-15-9-14(19)7-8-16(15)22-12-17(20)21/h7-9,13H,10-12H2,1-6H3/t13-/m0/s1. The van der Waals surface area contributed by atoms with Gasteiger partial charge in [0, 0.05) is 19.2 Å². The van der Waals surface area contributed by atoms with E-state index in [9.17, 15) is 9.18 Å². The monoisotopic (exact) mass is 353 g/mol. The number of amides is 1. The smallest absolute Gasteiger partial charge is 0.265 e. The zero-order valence-electron chi connectivity index (χ0n) is 15.5. The molecule has 0 aliphatic carbocycles. The van der Waals surface area contributed by atoms with Crippen LogP contribution in [0, 0.1) is 11.7 Å². The molecule has 4 nitrogen and oxygen atoms in total. The molecule has 0 saturated carbocycles. The Kier molecular flexibility index (Phi) is 5.40. The SMILES string of the molecule is C[C@H](CO[Si](C)(C)C(C)(C)C)CN1C(=O)COc2ccc(F)cc21. The third-order valence-corrected chi connectivity index (χ3v) is 9.39. The van der Waals surface area contributed by atoms with Crippen LogP contribution in [0.15, 0.2) is 18.2 Å². The molecule has 0 unspecified atom stereocenters. The minimum Gasteiger partial charge on any atom is -0.482 e. The average molecular weight is 354 g/mol. The predicted octanol–water partition coefficient (Wildman–Crippen LogP) is 4.21. The van der Waals surface area contributed by atoms with Gasteiger partial charge in [-0.25, -0.2) is 4.39 Å². The molecule has 0 spiro atoms. The minimum absolute atomic E-state index is 0.00551. The van der Waals surface area contributed by atoms with Crippen LogP contribution in [0.1, 0.15) is 27.7 Å². The van der Waals surface area contributed by atoms with Gasteiger partial charge in [0.2, 0.25) is 0 Å². The summed E-state index contributed by atoms with van der Waals surface area (Å²) in [6.07, 6.45) is 0. The van der Waals surface area contributed by atoms with Gasteiger partial charge in [-0.05, 0) is 36.2 Å². The van der Waals surface area contributed by atoms with Gasteiger partial charge in [-0.2, -0.15) is 0 Å². The van der Waals surface area contributed by atoms with Crippen molar-refractivity contribution >= 4 is 19.9 Å². The highest BCUT2D eigenvalue weighted by Gasteiger charge is 2.37. The largest absolute Gasteiger partial charge is 0.482 e. The summed E-state index contributed by atoms with van der Waals surface area (Å²) in [5, 5.41) is 0.150. The molecule has 0 radical (unpaired) electrons. The normalized spacial score (nSPS) is 16.6. The molecule has 1 heterocycles. The van der Waals surface area contributed by atoms with E-state index < -0.39 is 8.32 Å². The highest BCUT2D eigenvalue weighted by molar-refractivity contribution is 6.74. The summed E-state index contributed by atoms with van der Waals surface area (Å²) in [6.45, 7) is 14.2. The summed E-state index contributed by atoms with van der Waals surface area (Å²) in [6, 6.07) is 4.27. The van der Waals surface area contributed by atoms with Gasteiger partial charge in [0.1, 0.15) is 11.6 Å². The molecule has 134 valence electrons. The van der Waals surface area contributed by atoms with Crippen LogP contribution in [0.25, 0.3) is 0 Å². The van der Waals surface area contributed by atoms with Gasteiger partial charge in [-0.1, -0.05) is 27.7 Å². The molecule has 1 amide bonds. The number of carbonyl (C=O) groups excluding carboxylic acids is 1. The Morgan fingerprint density at radius 2 is 2.04 bits per heavy atom. The minimum atomic E-state index is -1.82.